The molecule has 0 aliphatic heterocycles. The molecule has 2 amide bonds. The summed E-state index contributed by atoms with van der Waals surface area (Å²) in [6.07, 6.45) is 0. The van der Waals surface area contributed by atoms with Crippen molar-refractivity contribution in [2.75, 3.05) is 22.1 Å². The van der Waals surface area contributed by atoms with Crippen molar-refractivity contribution in [3.8, 4) is 0 Å². The predicted molar refractivity (Wildman–Crippen MR) is 112 cm³/mol. The third-order valence-electron chi connectivity index (χ3n) is 3.41. The molecule has 0 aliphatic carbocycles. The van der Waals surface area contributed by atoms with Gasteiger partial charge >= 0.3 is 0 Å². The van der Waals surface area contributed by atoms with E-state index in [2.05, 4.69) is 42.5 Å². The Labute approximate surface area is 168 Å². The lowest BCUT2D eigenvalue weighted by Gasteiger charge is -2.10. The fourth-order valence-corrected chi connectivity index (χ4v) is 3.41. The Balaban J connectivity index is 1.79. The maximum atomic E-state index is 12.0. The van der Waals surface area contributed by atoms with Crippen LogP contribution in [0.15, 0.2) is 45.3 Å². The molecule has 0 fully saturated rings. The number of amides is 2. The number of benzene rings is 2. The van der Waals surface area contributed by atoms with E-state index in [4.69, 9.17) is 0 Å². The van der Waals surface area contributed by atoms with Crippen LogP contribution < -0.4 is 10.6 Å². The summed E-state index contributed by atoms with van der Waals surface area (Å²) in [6.45, 7) is 3.87. The maximum absolute atomic E-state index is 12.0. The highest BCUT2D eigenvalue weighted by Crippen LogP contribution is 2.22. The monoisotopic (exact) mass is 484 g/mol. The Kier molecular flexibility index (Phi) is 7.53. The van der Waals surface area contributed by atoms with E-state index >= 15 is 0 Å². The van der Waals surface area contributed by atoms with Crippen molar-refractivity contribution in [3.05, 3.63) is 56.5 Å². The summed E-state index contributed by atoms with van der Waals surface area (Å²) < 4.78 is 1.81. The molecule has 0 bridgehead atoms. The number of carbonyl (C=O) groups excluding carboxylic acids is 2. The van der Waals surface area contributed by atoms with Gasteiger partial charge in [-0.15, -0.1) is 11.8 Å². The van der Waals surface area contributed by atoms with E-state index < -0.39 is 0 Å². The first-order valence-corrected chi connectivity index (χ1v) is 10.3. The Morgan fingerprint density at radius 3 is 1.64 bits per heavy atom. The summed E-state index contributed by atoms with van der Waals surface area (Å²) in [5.74, 6) is 0.184. The van der Waals surface area contributed by atoms with E-state index in [-0.39, 0.29) is 23.3 Å². The number of carbonyl (C=O) groups is 2. The Morgan fingerprint density at radius 2 is 1.24 bits per heavy atom. The molecule has 4 nitrogen and oxygen atoms in total. The summed E-state index contributed by atoms with van der Waals surface area (Å²) in [4.78, 5) is 24.1. The number of rotatable bonds is 6. The SMILES string of the molecule is Cc1ccc(Br)cc1NC(=O)CSCC(=O)Nc1cc(Br)ccc1C. The first kappa shape index (κ1) is 20.0. The molecule has 2 aromatic rings. The zero-order chi connectivity index (χ0) is 18.4. The summed E-state index contributed by atoms with van der Waals surface area (Å²) in [5, 5.41) is 5.73. The van der Waals surface area contributed by atoms with E-state index in [1.54, 1.807) is 0 Å². The number of nitrogens with one attached hydrogen (secondary N) is 2. The van der Waals surface area contributed by atoms with Gasteiger partial charge in [0, 0.05) is 20.3 Å². The average Bonchev–Trinajstić information content (AvgIpc) is 2.54. The first-order valence-electron chi connectivity index (χ1n) is 7.55. The minimum absolute atomic E-state index is 0.127. The van der Waals surface area contributed by atoms with Gasteiger partial charge in [-0.2, -0.15) is 0 Å². The molecule has 132 valence electrons. The molecule has 2 N–H and O–H groups in total. The molecule has 0 aliphatic rings. The third kappa shape index (κ3) is 6.49. The first-order chi connectivity index (χ1) is 11.8. The average molecular weight is 486 g/mol. The molecule has 2 aromatic carbocycles. The highest BCUT2D eigenvalue weighted by Gasteiger charge is 2.09. The topological polar surface area (TPSA) is 58.2 Å². The van der Waals surface area contributed by atoms with Crippen molar-refractivity contribution in [1.29, 1.82) is 0 Å². The van der Waals surface area contributed by atoms with Crippen molar-refractivity contribution >= 4 is 66.8 Å². The van der Waals surface area contributed by atoms with Gasteiger partial charge in [0.05, 0.1) is 11.5 Å². The Morgan fingerprint density at radius 1 is 0.840 bits per heavy atom. The molecule has 0 unspecified atom stereocenters. The normalized spacial score (nSPS) is 10.4. The molecule has 0 saturated heterocycles. The molecular formula is C18H18Br2N2O2S. The van der Waals surface area contributed by atoms with Crippen LogP contribution in [-0.4, -0.2) is 23.3 Å². The molecule has 0 radical (unpaired) electrons. The van der Waals surface area contributed by atoms with Gasteiger partial charge in [-0.3, -0.25) is 9.59 Å². The molecule has 0 saturated carbocycles. The van der Waals surface area contributed by atoms with Gasteiger partial charge in [-0.05, 0) is 49.2 Å². The van der Waals surface area contributed by atoms with Crippen molar-refractivity contribution < 1.29 is 9.59 Å². The van der Waals surface area contributed by atoms with Crippen molar-refractivity contribution in [2.45, 2.75) is 13.8 Å². The van der Waals surface area contributed by atoms with Gasteiger partial charge < -0.3 is 10.6 Å². The minimum Gasteiger partial charge on any atom is -0.325 e. The lowest BCUT2D eigenvalue weighted by molar-refractivity contribution is -0.114. The Bertz CT molecular complexity index is 731. The van der Waals surface area contributed by atoms with Gasteiger partial charge in [-0.25, -0.2) is 0 Å². The quantitative estimate of drug-likeness (QED) is 0.595. The van der Waals surface area contributed by atoms with Crippen LogP contribution in [0.5, 0.6) is 0 Å². The smallest absolute Gasteiger partial charge is 0.234 e. The fourth-order valence-electron chi connectivity index (χ4n) is 2.07. The second kappa shape index (κ2) is 9.40. The molecule has 0 atom stereocenters. The predicted octanol–water partition coefficient (Wildman–Crippen LogP) is 5.14. The van der Waals surface area contributed by atoms with E-state index in [0.717, 1.165) is 31.4 Å². The van der Waals surface area contributed by atoms with E-state index in [0.29, 0.717) is 0 Å². The molecular weight excluding hydrogens is 468 g/mol. The molecule has 7 heteroatoms. The summed E-state index contributed by atoms with van der Waals surface area (Å²) >= 11 is 8.06. The lowest BCUT2D eigenvalue weighted by atomic mass is 10.2. The number of anilines is 2. The molecule has 0 aromatic heterocycles. The largest absolute Gasteiger partial charge is 0.325 e. The third-order valence-corrected chi connectivity index (χ3v) is 5.33. The zero-order valence-electron chi connectivity index (χ0n) is 13.9. The van der Waals surface area contributed by atoms with Crippen molar-refractivity contribution in [2.24, 2.45) is 0 Å². The van der Waals surface area contributed by atoms with Crippen LogP contribution in [-0.2, 0) is 9.59 Å². The lowest BCUT2D eigenvalue weighted by Crippen LogP contribution is -2.19. The van der Waals surface area contributed by atoms with Crippen LogP contribution in [0.25, 0.3) is 0 Å². The van der Waals surface area contributed by atoms with Crippen LogP contribution in [0.2, 0.25) is 0 Å². The van der Waals surface area contributed by atoms with E-state index in [1.807, 2.05) is 50.2 Å². The highest BCUT2D eigenvalue weighted by molar-refractivity contribution is 9.10. The van der Waals surface area contributed by atoms with Crippen LogP contribution in [0.4, 0.5) is 11.4 Å². The minimum atomic E-state index is -0.127. The van der Waals surface area contributed by atoms with Gasteiger partial charge in [0.1, 0.15) is 0 Å². The van der Waals surface area contributed by atoms with Crippen LogP contribution >= 0.6 is 43.6 Å². The van der Waals surface area contributed by atoms with E-state index in [9.17, 15) is 9.59 Å². The highest BCUT2D eigenvalue weighted by atomic mass is 79.9. The van der Waals surface area contributed by atoms with E-state index in [1.165, 1.54) is 11.8 Å². The summed E-state index contributed by atoms with van der Waals surface area (Å²) in [7, 11) is 0. The number of hydrogen-bond donors (Lipinski definition) is 2. The molecule has 0 spiro atoms. The second-order valence-corrected chi connectivity index (χ2v) is 8.32. The molecule has 25 heavy (non-hydrogen) atoms. The zero-order valence-corrected chi connectivity index (χ0v) is 17.8. The molecule has 0 heterocycles. The van der Waals surface area contributed by atoms with Crippen LogP contribution in [0.1, 0.15) is 11.1 Å². The maximum Gasteiger partial charge on any atom is 0.234 e. The summed E-state index contributed by atoms with van der Waals surface area (Å²) in [5.41, 5.74) is 3.53. The van der Waals surface area contributed by atoms with Gasteiger partial charge in [0.2, 0.25) is 11.8 Å². The Hall–Kier alpha value is -1.31. The van der Waals surface area contributed by atoms with Crippen LogP contribution in [0.3, 0.4) is 0 Å². The second-order valence-electron chi connectivity index (χ2n) is 5.51. The van der Waals surface area contributed by atoms with Gasteiger partial charge in [-0.1, -0.05) is 44.0 Å². The van der Waals surface area contributed by atoms with Gasteiger partial charge in [0.25, 0.3) is 0 Å². The fraction of sp³-hybridized carbons (Fsp3) is 0.222. The van der Waals surface area contributed by atoms with Crippen molar-refractivity contribution in [1.82, 2.24) is 0 Å². The number of aryl methyl sites for hydroxylation is 2. The number of thioether (sulfide) groups is 1. The van der Waals surface area contributed by atoms with Crippen LogP contribution in [0, 0.1) is 13.8 Å². The number of halogens is 2. The standard InChI is InChI=1S/C18H18Br2N2O2S/c1-11-3-5-13(19)7-15(11)21-17(23)9-25-10-18(24)22-16-8-14(20)6-4-12(16)2/h3-8H,9-10H2,1-2H3,(H,21,23)(H,22,24). The summed E-state index contributed by atoms with van der Waals surface area (Å²) in [6, 6.07) is 11.4. The number of hydrogen-bond acceptors (Lipinski definition) is 3. The van der Waals surface area contributed by atoms with Gasteiger partial charge in [0.15, 0.2) is 0 Å². The molecule has 2 rings (SSSR count). The van der Waals surface area contributed by atoms with Crippen molar-refractivity contribution in [3.63, 3.8) is 0 Å².